The number of hydrogen-bond acceptors (Lipinski definition) is 5. The molecule has 0 radical (unpaired) electrons. The molecule has 0 fully saturated rings. The second-order valence-electron chi connectivity index (χ2n) is 5.88. The van der Waals surface area contributed by atoms with E-state index in [0.717, 1.165) is 24.5 Å². The summed E-state index contributed by atoms with van der Waals surface area (Å²) in [5, 5.41) is 6.82. The van der Waals surface area contributed by atoms with Crippen molar-refractivity contribution in [3.63, 3.8) is 0 Å². The lowest BCUT2D eigenvalue weighted by Crippen LogP contribution is -2.15. The van der Waals surface area contributed by atoms with Gasteiger partial charge < -0.3 is 10.6 Å². The third-order valence-corrected chi connectivity index (χ3v) is 5.72. The maximum atomic E-state index is 14.0. The number of carbonyl (C=O) groups is 2. The van der Waals surface area contributed by atoms with E-state index in [2.05, 4.69) is 10.6 Å². The molecule has 0 bridgehead atoms. The first-order valence-corrected chi connectivity index (χ1v) is 10.8. The van der Waals surface area contributed by atoms with Crippen molar-refractivity contribution in [1.29, 1.82) is 0 Å². The van der Waals surface area contributed by atoms with Gasteiger partial charge in [0.25, 0.3) is 11.8 Å². The van der Waals surface area contributed by atoms with Crippen LogP contribution >= 0.6 is 11.3 Å². The summed E-state index contributed by atoms with van der Waals surface area (Å²) < 4.78 is 37.2. The Balaban J connectivity index is 1.79. The second kappa shape index (κ2) is 7.91. The van der Waals surface area contributed by atoms with Crippen molar-refractivity contribution in [3.8, 4) is 0 Å². The lowest BCUT2D eigenvalue weighted by Gasteiger charge is -2.10. The molecule has 28 heavy (non-hydrogen) atoms. The SMILES string of the molecule is CS(=O)(=O)c1ccc(F)c(NC(=O)c2cccc(NC(=O)c3cccs3)c2)c1. The van der Waals surface area contributed by atoms with Crippen LogP contribution in [0.5, 0.6) is 0 Å². The van der Waals surface area contributed by atoms with Crippen molar-refractivity contribution >= 4 is 44.4 Å². The van der Waals surface area contributed by atoms with Crippen LogP contribution in [0.15, 0.2) is 64.9 Å². The maximum Gasteiger partial charge on any atom is 0.265 e. The summed E-state index contributed by atoms with van der Waals surface area (Å²) in [5.74, 6) is -1.71. The Morgan fingerprint density at radius 2 is 1.75 bits per heavy atom. The van der Waals surface area contributed by atoms with Crippen molar-refractivity contribution in [2.45, 2.75) is 4.90 Å². The van der Waals surface area contributed by atoms with Crippen LogP contribution in [0.4, 0.5) is 15.8 Å². The molecule has 3 aromatic rings. The molecule has 6 nitrogen and oxygen atoms in total. The van der Waals surface area contributed by atoms with Gasteiger partial charge in [0.05, 0.1) is 15.5 Å². The molecule has 2 amide bonds. The number of carbonyl (C=O) groups excluding carboxylic acids is 2. The molecular formula is C19H15FN2O4S2. The molecule has 0 unspecified atom stereocenters. The average molecular weight is 418 g/mol. The summed E-state index contributed by atoms with van der Waals surface area (Å²) in [6, 6.07) is 12.7. The Hall–Kier alpha value is -3.04. The first kappa shape index (κ1) is 19.7. The minimum atomic E-state index is -3.55. The van der Waals surface area contributed by atoms with E-state index >= 15 is 0 Å². The molecule has 144 valence electrons. The molecule has 0 spiro atoms. The lowest BCUT2D eigenvalue weighted by molar-refractivity contribution is 0.101. The molecule has 0 aliphatic heterocycles. The third-order valence-electron chi connectivity index (χ3n) is 3.74. The van der Waals surface area contributed by atoms with Gasteiger partial charge in [0.15, 0.2) is 9.84 Å². The minimum Gasteiger partial charge on any atom is -0.321 e. The van der Waals surface area contributed by atoms with Gasteiger partial charge in [-0.1, -0.05) is 12.1 Å². The third kappa shape index (κ3) is 4.62. The number of thiophene rings is 1. The lowest BCUT2D eigenvalue weighted by atomic mass is 10.1. The zero-order chi connectivity index (χ0) is 20.3. The van der Waals surface area contributed by atoms with Crippen LogP contribution in [0.1, 0.15) is 20.0 Å². The van der Waals surface area contributed by atoms with Crippen LogP contribution in [0.25, 0.3) is 0 Å². The number of sulfone groups is 1. The van der Waals surface area contributed by atoms with Crippen LogP contribution in [0.2, 0.25) is 0 Å². The number of nitrogens with one attached hydrogen (secondary N) is 2. The van der Waals surface area contributed by atoms with E-state index in [1.165, 1.54) is 23.5 Å². The summed E-state index contributed by atoms with van der Waals surface area (Å²) in [4.78, 5) is 25.0. The largest absolute Gasteiger partial charge is 0.321 e. The predicted molar refractivity (Wildman–Crippen MR) is 106 cm³/mol. The molecule has 0 saturated heterocycles. The van der Waals surface area contributed by atoms with E-state index in [9.17, 15) is 22.4 Å². The van der Waals surface area contributed by atoms with Crippen LogP contribution < -0.4 is 10.6 Å². The highest BCUT2D eigenvalue weighted by Crippen LogP contribution is 2.21. The van der Waals surface area contributed by atoms with Gasteiger partial charge in [-0.3, -0.25) is 9.59 Å². The summed E-state index contributed by atoms with van der Waals surface area (Å²) in [7, 11) is -3.55. The van der Waals surface area contributed by atoms with Gasteiger partial charge in [-0.05, 0) is 47.8 Å². The Bertz CT molecular complexity index is 1140. The number of halogens is 1. The number of benzene rings is 2. The topological polar surface area (TPSA) is 92.3 Å². The highest BCUT2D eigenvalue weighted by molar-refractivity contribution is 7.90. The van der Waals surface area contributed by atoms with E-state index in [4.69, 9.17) is 0 Å². The minimum absolute atomic E-state index is 0.110. The fourth-order valence-electron chi connectivity index (χ4n) is 2.36. The van der Waals surface area contributed by atoms with Crippen molar-refractivity contribution in [3.05, 3.63) is 76.2 Å². The normalized spacial score (nSPS) is 11.1. The standard InChI is InChI=1S/C19H15FN2O4S2/c1-28(25,26)14-7-8-15(20)16(11-14)22-18(23)12-4-2-5-13(10-12)21-19(24)17-6-3-9-27-17/h2-11H,1H3,(H,21,24)(H,22,23). The monoisotopic (exact) mass is 418 g/mol. The molecular weight excluding hydrogens is 403 g/mol. The van der Waals surface area contributed by atoms with E-state index in [1.807, 2.05) is 0 Å². The van der Waals surface area contributed by atoms with Crippen LogP contribution in [-0.4, -0.2) is 26.5 Å². The van der Waals surface area contributed by atoms with Crippen molar-refractivity contribution in [1.82, 2.24) is 0 Å². The highest BCUT2D eigenvalue weighted by atomic mass is 32.2. The highest BCUT2D eigenvalue weighted by Gasteiger charge is 2.15. The van der Waals surface area contributed by atoms with Gasteiger partial charge in [0, 0.05) is 17.5 Å². The van der Waals surface area contributed by atoms with Crippen molar-refractivity contribution in [2.75, 3.05) is 16.9 Å². The molecule has 0 atom stereocenters. The first-order valence-electron chi connectivity index (χ1n) is 8.00. The molecule has 0 saturated carbocycles. The molecule has 3 rings (SSSR count). The summed E-state index contributed by atoms with van der Waals surface area (Å²) >= 11 is 1.29. The van der Waals surface area contributed by atoms with Gasteiger partial charge in [0.1, 0.15) is 5.82 Å². The average Bonchev–Trinajstić information content (AvgIpc) is 3.17. The molecule has 1 heterocycles. The van der Waals surface area contributed by atoms with E-state index in [-0.39, 0.29) is 22.1 Å². The van der Waals surface area contributed by atoms with E-state index in [1.54, 1.807) is 29.6 Å². The van der Waals surface area contributed by atoms with E-state index < -0.39 is 21.6 Å². The number of amides is 2. The number of hydrogen-bond donors (Lipinski definition) is 2. The van der Waals surface area contributed by atoms with Gasteiger partial charge >= 0.3 is 0 Å². The van der Waals surface area contributed by atoms with Gasteiger partial charge in [-0.2, -0.15) is 0 Å². The summed E-state index contributed by atoms with van der Waals surface area (Å²) in [6.07, 6.45) is 0.992. The summed E-state index contributed by atoms with van der Waals surface area (Å²) in [6.45, 7) is 0. The molecule has 0 aliphatic carbocycles. The van der Waals surface area contributed by atoms with Crippen LogP contribution in [-0.2, 0) is 9.84 Å². The maximum absolute atomic E-state index is 14.0. The Morgan fingerprint density at radius 1 is 0.964 bits per heavy atom. The van der Waals surface area contributed by atoms with Crippen LogP contribution in [0, 0.1) is 5.82 Å². The van der Waals surface area contributed by atoms with Crippen molar-refractivity contribution in [2.24, 2.45) is 0 Å². The molecule has 2 aromatic carbocycles. The zero-order valence-corrected chi connectivity index (χ0v) is 16.2. The Morgan fingerprint density at radius 3 is 2.43 bits per heavy atom. The zero-order valence-electron chi connectivity index (χ0n) is 14.6. The summed E-state index contributed by atoms with van der Waals surface area (Å²) in [5.41, 5.74) is 0.325. The second-order valence-corrected chi connectivity index (χ2v) is 8.84. The number of anilines is 2. The quantitative estimate of drug-likeness (QED) is 0.617. The molecule has 2 N–H and O–H groups in total. The predicted octanol–water partition coefficient (Wildman–Crippen LogP) is 3.80. The Labute approximate surface area is 164 Å². The first-order chi connectivity index (χ1) is 13.2. The van der Waals surface area contributed by atoms with Gasteiger partial charge in [-0.15, -0.1) is 11.3 Å². The van der Waals surface area contributed by atoms with E-state index in [0.29, 0.717) is 10.6 Å². The van der Waals surface area contributed by atoms with Gasteiger partial charge in [-0.25, -0.2) is 12.8 Å². The fourth-order valence-corrected chi connectivity index (χ4v) is 3.63. The van der Waals surface area contributed by atoms with Crippen molar-refractivity contribution < 1.29 is 22.4 Å². The van der Waals surface area contributed by atoms with Gasteiger partial charge in [0.2, 0.25) is 0 Å². The fraction of sp³-hybridized carbons (Fsp3) is 0.0526. The molecule has 0 aliphatic rings. The number of rotatable bonds is 5. The Kier molecular flexibility index (Phi) is 5.57. The van der Waals surface area contributed by atoms with Crippen LogP contribution in [0.3, 0.4) is 0 Å². The molecule has 1 aromatic heterocycles. The smallest absolute Gasteiger partial charge is 0.265 e. The molecule has 9 heteroatoms.